The molecule has 3 heterocycles. The molecule has 0 saturated carbocycles. The predicted octanol–water partition coefficient (Wildman–Crippen LogP) is 2.40. The van der Waals surface area contributed by atoms with Crippen LogP contribution in [0.3, 0.4) is 0 Å². The minimum atomic E-state index is -0.231. The summed E-state index contributed by atoms with van der Waals surface area (Å²) < 4.78 is 15.1. The summed E-state index contributed by atoms with van der Waals surface area (Å²) >= 11 is 0. The van der Waals surface area contributed by atoms with Crippen molar-refractivity contribution in [3.8, 4) is 0 Å². The lowest BCUT2D eigenvalue weighted by atomic mass is 10.0. The van der Waals surface area contributed by atoms with Crippen molar-refractivity contribution in [3.63, 3.8) is 0 Å². The van der Waals surface area contributed by atoms with Crippen LogP contribution >= 0.6 is 12.4 Å². The number of hydrogen-bond donors (Lipinski definition) is 1. The van der Waals surface area contributed by atoms with Gasteiger partial charge >= 0.3 is 0 Å². The highest BCUT2D eigenvalue weighted by Gasteiger charge is 2.24. The first-order chi connectivity index (χ1) is 12.2. The zero-order valence-corrected chi connectivity index (χ0v) is 15.0. The van der Waals surface area contributed by atoms with Gasteiger partial charge in [0, 0.05) is 44.5 Å². The molecule has 4 rings (SSSR count). The monoisotopic (exact) mass is 374 g/mol. The summed E-state index contributed by atoms with van der Waals surface area (Å²) in [5, 5.41) is 3.36. The number of fused-ring (bicyclic) bond motifs is 1. The predicted molar refractivity (Wildman–Crippen MR) is 101 cm³/mol. The molecule has 1 aliphatic rings. The van der Waals surface area contributed by atoms with Crippen LogP contribution in [0.2, 0.25) is 0 Å². The van der Waals surface area contributed by atoms with E-state index >= 15 is 0 Å². The molecule has 0 radical (unpaired) electrons. The Hall–Kier alpha value is -2.28. The third kappa shape index (κ3) is 3.77. The SMILES string of the molecule is Cl.O=c1cc(CN2CCNCC2c2cccc(F)c2)nc2ccccn12. The number of piperazine rings is 1. The molecule has 136 valence electrons. The second kappa shape index (κ2) is 7.95. The summed E-state index contributed by atoms with van der Waals surface area (Å²) in [7, 11) is 0. The number of nitrogens with one attached hydrogen (secondary N) is 1. The Kier molecular flexibility index (Phi) is 5.66. The van der Waals surface area contributed by atoms with Crippen molar-refractivity contribution in [3.05, 3.63) is 82.2 Å². The minimum Gasteiger partial charge on any atom is -0.314 e. The fourth-order valence-electron chi connectivity index (χ4n) is 3.37. The number of halogens is 2. The van der Waals surface area contributed by atoms with E-state index in [4.69, 9.17) is 0 Å². The van der Waals surface area contributed by atoms with Crippen molar-refractivity contribution in [1.29, 1.82) is 0 Å². The van der Waals surface area contributed by atoms with E-state index < -0.39 is 0 Å². The molecular weight excluding hydrogens is 355 g/mol. The van der Waals surface area contributed by atoms with Crippen LogP contribution in [0.1, 0.15) is 17.3 Å². The van der Waals surface area contributed by atoms with Gasteiger partial charge in [0.15, 0.2) is 0 Å². The van der Waals surface area contributed by atoms with Crippen molar-refractivity contribution in [1.82, 2.24) is 19.6 Å². The van der Waals surface area contributed by atoms with Crippen LogP contribution < -0.4 is 10.9 Å². The summed E-state index contributed by atoms with van der Waals surface area (Å²) in [6.07, 6.45) is 1.72. The first-order valence-corrected chi connectivity index (χ1v) is 8.38. The van der Waals surface area contributed by atoms with Crippen molar-refractivity contribution >= 4 is 18.1 Å². The van der Waals surface area contributed by atoms with Crippen LogP contribution in [-0.2, 0) is 6.54 Å². The van der Waals surface area contributed by atoms with E-state index in [0.717, 1.165) is 30.9 Å². The third-order valence-electron chi connectivity index (χ3n) is 4.58. The normalized spacial score (nSPS) is 17.8. The van der Waals surface area contributed by atoms with Gasteiger partial charge in [-0.3, -0.25) is 14.1 Å². The molecule has 1 fully saturated rings. The molecule has 1 aromatic carbocycles. The van der Waals surface area contributed by atoms with Crippen molar-refractivity contribution in [2.45, 2.75) is 12.6 Å². The molecule has 1 atom stereocenters. The summed E-state index contributed by atoms with van der Waals surface area (Å²) in [5.74, 6) is -0.231. The van der Waals surface area contributed by atoms with Gasteiger partial charge in [-0.2, -0.15) is 0 Å². The van der Waals surface area contributed by atoms with Crippen LogP contribution in [0.25, 0.3) is 5.65 Å². The Morgan fingerprint density at radius 1 is 1.19 bits per heavy atom. The zero-order chi connectivity index (χ0) is 17.2. The van der Waals surface area contributed by atoms with Gasteiger partial charge in [0.05, 0.1) is 5.69 Å². The van der Waals surface area contributed by atoms with E-state index in [2.05, 4.69) is 15.2 Å². The molecule has 7 heteroatoms. The molecule has 2 aromatic heterocycles. The van der Waals surface area contributed by atoms with Crippen molar-refractivity contribution in [2.24, 2.45) is 0 Å². The molecule has 1 unspecified atom stereocenters. The maximum absolute atomic E-state index is 13.6. The lowest BCUT2D eigenvalue weighted by Gasteiger charge is -2.36. The highest BCUT2D eigenvalue weighted by molar-refractivity contribution is 5.85. The fourth-order valence-corrected chi connectivity index (χ4v) is 3.37. The quantitative estimate of drug-likeness (QED) is 0.765. The Balaban J connectivity index is 0.00000196. The molecule has 1 N–H and O–H groups in total. The molecule has 0 spiro atoms. The lowest BCUT2D eigenvalue weighted by Crippen LogP contribution is -2.45. The second-order valence-corrected chi connectivity index (χ2v) is 6.26. The molecule has 1 saturated heterocycles. The number of aromatic nitrogens is 2. The molecular formula is C19H20ClFN4O. The van der Waals surface area contributed by atoms with E-state index in [1.54, 1.807) is 24.4 Å². The van der Waals surface area contributed by atoms with E-state index in [9.17, 15) is 9.18 Å². The topological polar surface area (TPSA) is 49.6 Å². The number of rotatable bonds is 3. The van der Waals surface area contributed by atoms with Gasteiger partial charge in [-0.05, 0) is 29.8 Å². The number of benzene rings is 1. The van der Waals surface area contributed by atoms with Crippen LogP contribution in [0.5, 0.6) is 0 Å². The van der Waals surface area contributed by atoms with E-state index in [1.807, 2.05) is 24.3 Å². The molecule has 1 aliphatic heterocycles. The highest BCUT2D eigenvalue weighted by atomic mass is 35.5. The van der Waals surface area contributed by atoms with Gasteiger partial charge in [-0.25, -0.2) is 9.37 Å². The summed E-state index contributed by atoms with van der Waals surface area (Å²) in [6.45, 7) is 2.98. The summed E-state index contributed by atoms with van der Waals surface area (Å²) in [6, 6.07) is 13.8. The number of pyridine rings is 1. The summed E-state index contributed by atoms with van der Waals surface area (Å²) in [4.78, 5) is 19.1. The number of hydrogen-bond acceptors (Lipinski definition) is 4. The Morgan fingerprint density at radius 3 is 2.92 bits per heavy atom. The molecule has 0 aliphatic carbocycles. The number of nitrogens with zero attached hydrogens (tertiary/aromatic N) is 3. The van der Waals surface area contributed by atoms with Crippen LogP contribution in [0.15, 0.2) is 59.5 Å². The lowest BCUT2D eigenvalue weighted by molar-refractivity contribution is 0.151. The van der Waals surface area contributed by atoms with E-state index in [0.29, 0.717) is 12.2 Å². The van der Waals surface area contributed by atoms with Gasteiger partial charge in [0.1, 0.15) is 11.5 Å². The first kappa shape index (κ1) is 18.5. The summed E-state index contributed by atoms with van der Waals surface area (Å²) in [5.41, 5.74) is 2.23. The zero-order valence-electron chi connectivity index (χ0n) is 14.1. The molecule has 26 heavy (non-hydrogen) atoms. The van der Waals surface area contributed by atoms with Gasteiger partial charge < -0.3 is 5.32 Å². The average molecular weight is 375 g/mol. The van der Waals surface area contributed by atoms with Crippen molar-refractivity contribution in [2.75, 3.05) is 19.6 Å². The minimum absolute atomic E-state index is 0. The Morgan fingerprint density at radius 2 is 2.08 bits per heavy atom. The van der Waals surface area contributed by atoms with Gasteiger partial charge in [0.25, 0.3) is 5.56 Å². The standard InChI is InChI=1S/C19H19FN4O.ClH/c20-15-5-3-4-14(10-15)17-12-21-7-9-23(17)13-16-11-19(25)24-8-2-1-6-18(24)22-16;/h1-6,8,10-11,17,21H,7,9,12-13H2;1H. The molecule has 0 amide bonds. The second-order valence-electron chi connectivity index (χ2n) is 6.26. The maximum Gasteiger partial charge on any atom is 0.258 e. The van der Waals surface area contributed by atoms with Gasteiger partial charge in [0.2, 0.25) is 0 Å². The van der Waals surface area contributed by atoms with Crippen LogP contribution in [-0.4, -0.2) is 33.9 Å². The first-order valence-electron chi connectivity index (χ1n) is 8.38. The van der Waals surface area contributed by atoms with Crippen LogP contribution in [0, 0.1) is 5.82 Å². The van der Waals surface area contributed by atoms with E-state index in [-0.39, 0.29) is 29.8 Å². The third-order valence-corrected chi connectivity index (χ3v) is 4.58. The highest BCUT2D eigenvalue weighted by Crippen LogP contribution is 2.24. The maximum atomic E-state index is 13.6. The molecule has 0 bridgehead atoms. The smallest absolute Gasteiger partial charge is 0.258 e. The van der Waals surface area contributed by atoms with E-state index in [1.165, 1.54) is 10.5 Å². The Bertz CT molecular complexity index is 961. The van der Waals surface area contributed by atoms with Gasteiger partial charge in [-0.15, -0.1) is 12.4 Å². The van der Waals surface area contributed by atoms with Crippen molar-refractivity contribution < 1.29 is 4.39 Å². The van der Waals surface area contributed by atoms with Gasteiger partial charge in [-0.1, -0.05) is 18.2 Å². The fraction of sp³-hybridized carbons (Fsp3) is 0.263. The largest absolute Gasteiger partial charge is 0.314 e. The average Bonchev–Trinajstić information content (AvgIpc) is 2.62. The Labute approximate surface area is 156 Å². The van der Waals surface area contributed by atoms with Crippen LogP contribution in [0.4, 0.5) is 4.39 Å². The molecule has 5 nitrogen and oxygen atoms in total. The molecule has 3 aromatic rings.